The summed E-state index contributed by atoms with van der Waals surface area (Å²) in [6.45, 7) is 5.45. The molecule has 1 saturated heterocycles. The van der Waals surface area contributed by atoms with Crippen molar-refractivity contribution in [1.29, 1.82) is 0 Å². The van der Waals surface area contributed by atoms with Gasteiger partial charge in [0.15, 0.2) is 0 Å². The fraction of sp³-hybridized carbons (Fsp3) is 0.375. The lowest BCUT2D eigenvalue weighted by Gasteiger charge is -2.26. The summed E-state index contributed by atoms with van der Waals surface area (Å²) in [5.41, 5.74) is 1.01. The van der Waals surface area contributed by atoms with E-state index in [1.165, 1.54) is 0 Å². The van der Waals surface area contributed by atoms with Gasteiger partial charge in [-0.3, -0.25) is 4.90 Å². The van der Waals surface area contributed by atoms with E-state index in [-0.39, 0.29) is 0 Å². The van der Waals surface area contributed by atoms with Crippen LogP contribution >= 0.6 is 0 Å². The summed E-state index contributed by atoms with van der Waals surface area (Å²) in [6.07, 6.45) is 1.76. The Labute approximate surface area is 130 Å². The fourth-order valence-corrected chi connectivity index (χ4v) is 2.33. The van der Waals surface area contributed by atoms with Gasteiger partial charge in [-0.25, -0.2) is 4.98 Å². The van der Waals surface area contributed by atoms with Crippen LogP contribution in [-0.4, -0.2) is 54.3 Å². The number of morpholine rings is 1. The fourth-order valence-electron chi connectivity index (χ4n) is 2.33. The third-order valence-electron chi connectivity index (χ3n) is 3.52. The van der Waals surface area contributed by atoms with Crippen molar-refractivity contribution >= 4 is 17.5 Å². The monoisotopic (exact) mass is 299 g/mol. The first-order chi connectivity index (χ1) is 10.9. The van der Waals surface area contributed by atoms with Gasteiger partial charge in [0.05, 0.1) is 13.2 Å². The lowest BCUT2D eigenvalue weighted by molar-refractivity contribution is 0.0398. The number of para-hydroxylation sites is 1. The minimum atomic E-state index is 0.647. The molecule has 116 valence electrons. The van der Waals surface area contributed by atoms with Crippen molar-refractivity contribution in [2.24, 2.45) is 0 Å². The molecular weight excluding hydrogens is 278 g/mol. The number of nitrogens with one attached hydrogen (secondary N) is 2. The van der Waals surface area contributed by atoms with Crippen LogP contribution in [0.15, 0.2) is 42.6 Å². The number of hydrogen-bond donors (Lipinski definition) is 2. The third-order valence-corrected chi connectivity index (χ3v) is 3.52. The van der Waals surface area contributed by atoms with E-state index in [1.54, 1.807) is 6.20 Å². The molecule has 3 rings (SSSR count). The van der Waals surface area contributed by atoms with Crippen molar-refractivity contribution in [2.75, 3.05) is 50.0 Å². The van der Waals surface area contributed by atoms with Crippen molar-refractivity contribution < 1.29 is 4.74 Å². The lowest BCUT2D eigenvalue weighted by atomic mass is 10.3. The SMILES string of the molecule is c1ccc(Nc2ccnc(NCCN3CCOCC3)n2)cc1. The van der Waals surface area contributed by atoms with Gasteiger partial charge >= 0.3 is 0 Å². The molecule has 1 fully saturated rings. The van der Waals surface area contributed by atoms with Gasteiger partial charge in [-0.1, -0.05) is 18.2 Å². The van der Waals surface area contributed by atoms with Gasteiger partial charge in [-0.2, -0.15) is 4.98 Å². The number of aromatic nitrogens is 2. The molecular formula is C16H21N5O. The Hall–Kier alpha value is -2.18. The van der Waals surface area contributed by atoms with Crippen molar-refractivity contribution in [2.45, 2.75) is 0 Å². The zero-order valence-electron chi connectivity index (χ0n) is 12.5. The second-order valence-corrected chi connectivity index (χ2v) is 5.14. The van der Waals surface area contributed by atoms with Crippen LogP contribution in [0.1, 0.15) is 0 Å². The van der Waals surface area contributed by atoms with Crippen LogP contribution in [0.4, 0.5) is 17.5 Å². The first-order valence-corrected chi connectivity index (χ1v) is 7.59. The highest BCUT2D eigenvalue weighted by atomic mass is 16.5. The number of hydrogen-bond acceptors (Lipinski definition) is 6. The van der Waals surface area contributed by atoms with E-state index in [2.05, 4.69) is 25.5 Å². The Morgan fingerprint density at radius 1 is 1.09 bits per heavy atom. The first kappa shape index (κ1) is 14.7. The van der Waals surface area contributed by atoms with Crippen LogP contribution in [-0.2, 0) is 4.74 Å². The highest BCUT2D eigenvalue weighted by Crippen LogP contribution is 2.14. The molecule has 0 amide bonds. The quantitative estimate of drug-likeness (QED) is 0.850. The molecule has 2 heterocycles. The van der Waals surface area contributed by atoms with Crippen LogP contribution < -0.4 is 10.6 Å². The van der Waals surface area contributed by atoms with Gasteiger partial charge in [0.1, 0.15) is 5.82 Å². The summed E-state index contributed by atoms with van der Waals surface area (Å²) in [4.78, 5) is 11.1. The molecule has 22 heavy (non-hydrogen) atoms. The molecule has 2 N–H and O–H groups in total. The number of ether oxygens (including phenoxy) is 1. The zero-order valence-corrected chi connectivity index (χ0v) is 12.5. The van der Waals surface area contributed by atoms with E-state index < -0.39 is 0 Å². The number of benzene rings is 1. The summed E-state index contributed by atoms with van der Waals surface area (Å²) < 4.78 is 5.34. The van der Waals surface area contributed by atoms with Crippen LogP contribution in [0.5, 0.6) is 0 Å². The van der Waals surface area contributed by atoms with Gasteiger partial charge in [-0.15, -0.1) is 0 Å². The maximum atomic E-state index is 5.34. The van der Waals surface area contributed by atoms with E-state index in [0.29, 0.717) is 5.95 Å². The van der Waals surface area contributed by atoms with Crippen molar-refractivity contribution in [1.82, 2.24) is 14.9 Å². The third kappa shape index (κ3) is 4.41. The number of anilines is 3. The minimum Gasteiger partial charge on any atom is -0.379 e. The zero-order chi connectivity index (χ0) is 15.0. The second kappa shape index (κ2) is 7.72. The summed E-state index contributed by atoms with van der Waals surface area (Å²) in [6, 6.07) is 11.8. The molecule has 0 bridgehead atoms. The topological polar surface area (TPSA) is 62.3 Å². The molecule has 0 atom stereocenters. The molecule has 0 aliphatic carbocycles. The second-order valence-electron chi connectivity index (χ2n) is 5.14. The number of nitrogens with zero attached hydrogens (tertiary/aromatic N) is 3. The van der Waals surface area contributed by atoms with E-state index >= 15 is 0 Å². The molecule has 1 aromatic heterocycles. The smallest absolute Gasteiger partial charge is 0.224 e. The molecule has 6 heteroatoms. The van der Waals surface area contributed by atoms with E-state index in [0.717, 1.165) is 50.9 Å². The molecule has 0 spiro atoms. The average Bonchev–Trinajstić information content (AvgIpc) is 2.57. The Balaban J connectivity index is 1.50. The van der Waals surface area contributed by atoms with Crippen LogP contribution in [0.2, 0.25) is 0 Å². The van der Waals surface area contributed by atoms with Gasteiger partial charge in [-0.05, 0) is 18.2 Å². The molecule has 0 radical (unpaired) electrons. The highest BCUT2D eigenvalue weighted by Gasteiger charge is 2.09. The summed E-state index contributed by atoms with van der Waals surface area (Å²) in [5, 5.41) is 6.54. The summed E-state index contributed by atoms with van der Waals surface area (Å²) in [5.74, 6) is 1.43. The maximum Gasteiger partial charge on any atom is 0.224 e. The largest absolute Gasteiger partial charge is 0.379 e. The van der Waals surface area contributed by atoms with E-state index in [4.69, 9.17) is 4.74 Å². The summed E-state index contributed by atoms with van der Waals surface area (Å²) in [7, 11) is 0. The van der Waals surface area contributed by atoms with E-state index in [9.17, 15) is 0 Å². The van der Waals surface area contributed by atoms with Gasteiger partial charge in [0, 0.05) is 38.1 Å². The molecule has 6 nitrogen and oxygen atoms in total. The Kier molecular flexibility index (Phi) is 5.18. The normalized spacial score (nSPS) is 15.5. The first-order valence-electron chi connectivity index (χ1n) is 7.59. The van der Waals surface area contributed by atoms with Crippen LogP contribution in [0.25, 0.3) is 0 Å². The Morgan fingerprint density at radius 2 is 1.91 bits per heavy atom. The van der Waals surface area contributed by atoms with E-state index in [1.807, 2.05) is 36.4 Å². The van der Waals surface area contributed by atoms with Gasteiger partial charge in [0.25, 0.3) is 0 Å². The highest BCUT2D eigenvalue weighted by molar-refractivity contribution is 5.56. The summed E-state index contributed by atoms with van der Waals surface area (Å²) >= 11 is 0. The predicted molar refractivity (Wildman–Crippen MR) is 87.5 cm³/mol. The minimum absolute atomic E-state index is 0.647. The van der Waals surface area contributed by atoms with Crippen LogP contribution in [0, 0.1) is 0 Å². The van der Waals surface area contributed by atoms with Crippen molar-refractivity contribution in [3.63, 3.8) is 0 Å². The molecule has 1 aliphatic heterocycles. The maximum absolute atomic E-state index is 5.34. The standard InChI is InChI=1S/C16H21N5O/c1-2-4-14(5-3-1)19-15-6-7-17-16(20-15)18-8-9-21-10-12-22-13-11-21/h1-7H,8-13H2,(H2,17,18,19,20). The molecule has 1 aliphatic rings. The number of rotatable bonds is 6. The van der Waals surface area contributed by atoms with Gasteiger partial charge < -0.3 is 15.4 Å². The molecule has 2 aromatic rings. The average molecular weight is 299 g/mol. The molecule has 0 unspecified atom stereocenters. The molecule has 1 aromatic carbocycles. The van der Waals surface area contributed by atoms with Crippen LogP contribution in [0.3, 0.4) is 0 Å². The Morgan fingerprint density at radius 3 is 2.73 bits per heavy atom. The van der Waals surface area contributed by atoms with Crippen molar-refractivity contribution in [3.05, 3.63) is 42.6 Å². The molecule has 0 saturated carbocycles. The lowest BCUT2D eigenvalue weighted by Crippen LogP contribution is -2.39. The Bertz CT molecular complexity index is 572. The predicted octanol–water partition coefficient (Wildman–Crippen LogP) is 1.96. The van der Waals surface area contributed by atoms with Gasteiger partial charge in [0.2, 0.25) is 5.95 Å². The van der Waals surface area contributed by atoms with Crippen molar-refractivity contribution in [3.8, 4) is 0 Å².